The molecule has 0 heterocycles. The lowest BCUT2D eigenvalue weighted by Gasteiger charge is -2.18. The average Bonchev–Trinajstić information content (AvgIpc) is 3.30. The molecular weight excluding hydrogens is 805 g/mol. The smallest absolute Gasteiger partial charge is 0.306 e. The number of carbonyl (C=O) groups excluding carboxylic acids is 3. The monoisotopic (exact) mass is 911 g/mol. The highest BCUT2D eigenvalue weighted by Crippen LogP contribution is 2.16. The molecule has 0 aliphatic heterocycles. The van der Waals surface area contributed by atoms with Gasteiger partial charge in [0, 0.05) is 19.3 Å². The molecule has 0 fully saturated rings. The minimum absolute atomic E-state index is 0.0769. The summed E-state index contributed by atoms with van der Waals surface area (Å²) in [7, 11) is 0. The average molecular weight is 911 g/mol. The Morgan fingerprint density at radius 1 is 0.308 bits per heavy atom. The van der Waals surface area contributed by atoms with Gasteiger partial charge in [-0.15, -0.1) is 0 Å². The van der Waals surface area contributed by atoms with Crippen LogP contribution in [-0.4, -0.2) is 37.2 Å². The second-order valence-electron chi connectivity index (χ2n) is 18.8. The van der Waals surface area contributed by atoms with Gasteiger partial charge in [0.15, 0.2) is 6.10 Å². The van der Waals surface area contributed by atoms with Crippen LogP contribution in [0.4, 0.5) is 0 Å². The van der Waals surface area contributed by atoms with Gasteiger partial charge in [-0.25, -0.2) is 0 Å². The van der Waals surface area contributed by atoms with Crippen molar-refractivity contribution >= 4 is 17.9 Å². The molecule has 0 saturated carbocycles. The van der Waals surface area contributed by atoms with Crippen LogP contribution in [0, 0.1) is 0 Å². The zero-order valence-electron chi connectivity index (χ0n) is 43.3. The lowest BCUT2D eigenvalue weighted by molar-refractivity contribution is -0.167. The number of rotatable bonds is 51. The Morgan fingerprint density at radius 3 is 0.892 bits per heavy atom. The SMILES string of the molecule is CCCC/C=C\C/C=C\CCCCCCCC(=O)OC(COC(=O)CCCCCCCCCCCC)COC(=O)CCCCCCCCCCCCC/C=C\C/C=C\CCCCCCC. The first-order chi connectivity index (χ1) is 32.0. The molecule has 0 aromatic rings. The summed E-state index contributed by atoms with van der Waals surface area (Å²) in [6.07, 6.45) is 65.3. The third kappa shape index (κ3) is 52.2. The summed E-state index contributed by atoms with van der Waals surface area (Å²) in [6.45, 7) is 6.58. The molecule has 0 amide bonds. The van der Waals surface area contributed by atoms with Gasteiger partial charge in [-0.2, -0.15) is 0 Å². The van der Waals surface area contributed by atoms with Crippen LogP contribution in [0.2, 0.25) is 0 Å². The van der Waals surface area contributed by atoms with Crippen LogP contribution in [0.15, 0.2) is 48.6 Å². The standard InChI is InChI=1S/C59H106O6/c1-4-7-10-13-16-19-22-24-26-27-28-29-30-31-32-33-34-36-37-40-43-46-49-52-58(61)64-55-56(54-63-57(60)51-48-45-42-39-21-18-15-12-9-6-3)65-59(62)53-50-47-44-41-38-35-25-23-20-17-14-11-8-5-2/h14,17,22-25,27-28,56H,4-13,15-16,18-21,26,29-55H2,1-3H3/b17-14-,24-22-,25-23-,28-27-. The van der Waals surface area contributed by atoms with Crippen molar-refractivity contribution in [3.8, 4) is 0 Å². The Balaban J connectivity index is 4.25. The lowest BCUT2D eigenvalue weighted by atomic mass is 10.0. The lowest BCUT2D eigenvalue weighted by Crippen LogP contribution is -2.30. The summed E-state index contributed by atoms with van der Waals surface area (Å²) in [6, 6.07) is 0. The largest absolute Gasteiger partial charge is 0.462 e. The van der Waals surface area contributed by atoms with Crippen molar-refractivity contribution in [3.63, 3.8) is 0 Å². The predicted molar refractivity (Wildman–Crippen MR) is 279 cm³/mol. The van der Waals surface area contributed by atoms with Crippen LogP contribution < -0.4 is 0 Å². The minimum Gasteiger partial charge on any atom is -0.462 e. The molecule has 0 aromatic carbocycles. The Morgan fingerprint density at radius 2 is 0.569 bits per heavy atom. The Labute approximate surface area is 403 Å². The van der Waals surface area contributed by atoms with Crippen molar-refractivity contribution in [2.24, 2.45) is 0 Å². The molecule has 0 spiro atoms. The Hall–Kier alpha value is -2.63. The van der Waals surface area contributed by atoms with Crippen LogP contribution in [0.3, 0.4) is 0 Å². The number of ether oxygens (including phenoxy) is 3. The summed E-state index contributed by atoms with van der Waals surface area (Å²) < 4.78 is 16.8. The molecule has 0 rings (SSSR count). The molecule has 0 bridgehead atoms. The molecule has 1 unspecified atom stereocenters. The summed E-state index contributed by atoms with van der Waals surface area (Å²) in [4.78, 5) is 38.0. The molecule has 0 aromatic heterocycles. The fourth-order valence-electron chi connectivity index (χ4n) is 8.02. The first kappa shape index (κ1) is 62.4. The van der Waals surface area contributed by atoms with Crippen LogP contribution in [-0.2, 0) is 28.6 Å². The van der Waals surface area contributed by atoms with Crippen molar-refractivity contribution in [1.82, 2.24) is 0 Å². The third-order valence-electron chi connectivity index (χ3n) is 12.3. The zero-order valence-corrected chi connectivity index (χ0v) is 43.3. The molecule has 0 saturated heterocycles. The number of esters is 3. The minimum atomic E-state index is -0.778. The Kier molecular flexibility index (Phi) is 51.8. The third-order valence-corrected chi connectivity index (χ3v) is 12.3. The second kappa shape index (κ2) is 54.0. The van der Waals surface area contributed by atoms with Crippen molar-refractivity contribution < 1.29 is 28.6 Å². The van der Waals surface area contributed by atoms with Crippen molar-refractivity contribution in [2.75, 3.05) is 13.2 Å². The quantitative estimate of drug-likeness (QED) is 0.0262. The van der Waals surface area contributed by atoms with Crippen molar-refractivity contribution in [2.45, 2.75) is 297 Å². The molecule has 65 heavy (non-hydrogen) atoms. The fourth-order valence-corrected chi connectivity index (χ4v) is 8.02. The topological polar surface area (TPSA) is 78.9 Å². The van der Waals surface area contributed by atoms with Crippen LogP contribution >= 0.6 is 0 Å². The predicted octanol–water partition coefficient (Wildman–Crippen LogP) is 18.7. The second-order valence-corrected chi connectivity index (χ2v) is 18.8. The molecular formula is C59H106O6. The van der Waals surface area contributed by atoms with Gasteiger partial charge in [0.2, 0.25) is 0 Å². The molecule has 6 nitrogen and oxygen atoms in total. The number of carbonyl (C=O) groups is 3. The summed E-state index contributed by atoms with van der Waals surface area (Å²) >= 11 is 0. The number of hydrogen-bond donors (Lipinski definition) is 0. The van der Waals surface area contributed by atoms with E-state index >= 15 is 0 Å². The van der Waals surface area contributed by atoms with E-state index in [1.54, 1.807) is 0 Å². The summed E-state index contributed by atoms with van der Waals surface area (Å²) in [5.74, 6) is -0.884. The van der Waals surface area contributed by atoms with E-state index < -0.39 is 6.10 Å². The molecule has 0 N–H and O–H groups in total. The van der Waals surface area contributed by atoms with Gasteiger partial charge in [0.1, 0.15) is 13.2 Å². The van der Waals surface area contributed by atoms with Gasteiger partial charge in [0.05, 0.1) is 0 Å². The molecule has 0 radical (unpaired) electrons. The van der Waals surface area contributed by atoms with E-state index in [1.807, 2.05) is 0 Å². The van der Waals surface area contributed by atoms with Gasteiger partial charge >= 0.3 is 17.9 Å². The molecule has 378 valence electrons. The summed E-state index contributed by atoms with van der Waals surface area (Å²) in [5, 5.41) is 0. The molecule has 6 heteroatoms. The van der Waals surface area contributed by atoms with E-state index in [2.05, 4.69) is 69.4 Å². The van der Waals surface area contributed by atoms with E-state index in [-0.39, 0.29) is 31.1 Å². The van der Waals surface area contributed by atoms with Gasteiger partial charge in [0.25, 0.3) is 0 Å². The normalized spacial score (nSPS) is 12.4. The van der Waals surface area contributed by atoms with E-state index in [0.717, 1.165) is 89.9 Å². The van der Waals surface area contributed by atoms with E-state index in [4.69, 9.17) is 14.2 Å². The van der Waals surface area contributed by atoms with Gasteiger partial charge < -0.3 is 14.2 Å². The van der Waals surface area contributed by atoms with Crippen LogP contribution in [0.25, 0.3) is 0 Å². The molecule has 0 aliphatic rings. The number of hydrogen-bond acceptors (Lipinski definition) is 6. The zero-order chi connectivity index (χ0) is 47.2. The molecule has 0 aliphatic carbocycles. The highest BCUT2D eigenvalue weighted by Gasteiger charge is 2.19. The first-order valence-corrected chi connectivity index (χ1v) is 28.1. The molecule has 1 atom stereocenters. The van der Waals surface area contributed by atoms with E-state index in [0.29, 0.717) is 19.3 Å². The summed E-state index contributed by atoms with van der Waals surface area (Å²) in [5.41, 5.74) is 0. The Bertz CT molecular complexity index is 1140. The maximum absolute atomic E-state index is 12.8. The van der Waals surface area contributed by atoms with Gasteiger partial charge in [-0.1, -0.05) is 243 Å². The van der Waals surface area contributed by atoms with E-state index in [1.165, 1.54) is 161 Å². The van der Waals surface area contributed by atoms with Crippen LogP contribution in [0.5, 0.6) is 0 Å². The maximum Gasteiger partial charge on any atom is 0.306 e. The number of unbranched alkanes of at least 4 members (excludes halogenated alkanes) is 32. The fraction of sp³-hybridized carbons (Fsp3) is 0.814. The van der Waals surface area contributed by atoms with Crippen LogP contribution in [0.1, 0.15) is 290 Å². The highest BCUT2D eigenvalue weighted by molar-refractivity contribution is 5.71. The first-order valence-electron chi connectivity index (χ1n) is 28.1. The number of allylic oxidation sites excluding steroid dienone is 8. The highest BCUT2D eigenvalue weighted by atomic mass is 16.6. The van der Waals surface area contributed by atoms with E-state index in [9.17, 15) is 14.4 Å². The van der Waals surface area contributed by atoms with Crippen molar-refractivity contribution in [3.05, 3.63) is 48.6 Å². The van der Waals surface area contributed by atoms with Gasteiger partial charge in [-0.05, 0) is 77.0 Å². The van der Waals surface area contributed by atoms with Gasteiger partial charge in [-0.3, -0.25) is 14.4 Å². The maximum atomic E-state index is 12.8. The van der Waals surface area contributed by atoms with Crippen molar-refractivity contribution in [1.29, 1.82) is 0 Å².